The summed E-state index contributed by atoms with van der Waals surface area (Å²) in [6.07, 6.45) is 2.97. The van der Waals surface area contributed by atoms with Gasteiger partial charge in [-0.2, -0.15) is 5.26 Å². The second kappa shape index (κ2) is 4.01. The number of nitriles is 1. The van der Waals surface area contributed by atoms with E-state index in [1.54, 1.807) is 17.2 Å². The zero-order valence-corrected chi connectivity index (χ0v) is 9.27. The molecule has 0 radical (unpaired) electrons. The van der Waals surface area contributed by atoms with E-state index in [4.69, 9.17) is 9.68 Å². The van der Waals surface area contributed by atoms with E-state index < -0.39 is 5.41 Å². The molecule has 1 aromatic heterocycles. The predicted molar refractivity (Wildman–Crippen MR) is 57.1 cm³/mol. The van der Waals surface area contributed by atoms with Gasteiger partial charge in [0.1, 0.15) is 11.2 Å². The molecule has 0 spiro atoms. The van der Waals surface area contributed by atoms with Crippen molar-refractivity contribution in [3.05, 3.63) is 24.2 Å². The Kier molecular flexibility index (Phi) is 2.69. The molecule has 0 atom stereocenters. The largest absolute Gasteiger partial charge is 0.467 e. The first-order valence-corrected chi connectivity index (χ1v) is 5.45. The van der Waals surface area contributed by atoms with Gasteiger partial charge in [-0.25, -0.2) is 0 Å². The lowest BCUT2D eigenvalue weighted by atomic mass is 10.1. The molecule has 0 unspecified atom stereocenters. The van der Waals surface area contributed by atoms with Gasteiger partial charge >= 0.3 is 0 Å². The third-order valence-electron chi connectivity index (χ3n) is 2.97. The molecule has 16 heavy (non-hydrogen) atoms. The lowest BCUT2D eigenvalue weighted by molar-refractivity contribution is -0.135. The molecule has 1 amide bonds. The molecule has 1 saturated carbocycles. The van der Waals surface area contributed by atoms with E-state index in [-0.39, 0.29) is 5.91 Å². The standard InChI is InChI=1S/C12H14N2O2/c1-2-14(8-10-4-3-7-16-10)11(15)12(9-13)5-6-12/h3-4,7H,2,5-6,8H2,1H3. The smallest absolute Gasteiger partial charge is 0.243 e. The van der Waals surface area contributed by atoms with Crippen molar-refractivity contribution >= 4 is 5.91 Å². The van der Waals surface area contributed by atoms with Crippen LogP contribution in [-0.4, -0.2) is 17.4 Å². The van der Waals surface area contributed by atoms with Gasteiger partial charge in [-0.15, -0.1) is 0 Å². The highest BCUT2D eigenvalue weighted by Gasteiger charge is 2.52. The van der Waals surface area contributed by atoms with Gasteiger partial charge in [0.2, 0.25) is 5.91 Å². The normalized spacial score (nSPS) is 16.5. The predicted octanol–water partition coefficient (Wildman–Crippen LogP) is 1.93. The first-order chi connectivity index (χ1) is 7.72. The fraction of sp³-hybridized carbons (Fsp3) is 0.500. The number of carbonyl (C=O) groups excluding carboxylic acids is 1. The fourth-order valence-electron chi connectivity index (χ4n) is 1.72. The maximum atomic E-state index is 12.1. The van der Waals surface area contributed by atoms with E-state index in [1.807, 2.05) is 13.0 Å². The van der Waals surface area contributed by atoms with Gasteiger partial charge in [0.25, 0.3) is 0 Å². The quantitative estimate of drug-likeness (QED) is 0.775. The third kappa shape index (κ3) is 1.81. The summed E-state index contributed by atoms with van der Waals surface area (Å²) < 4.78 is 5.21. The molecule has 0 saturated heterocycles. The van der Waals surface area contributed by atoms with Gasteiger partial charge in [0, 0.05) is 6.54 Å². The molecule has 1 heterocycles. The Bertz CT molecular complexity index is 413. The SMILES string of the molecule is CCN(Cc1ccco1)C(=O)C1(C#N)CC1. The van der Waals surface area contributed by atoms with Crippen molar-refractivity contribution in [3.8, 4) is 6.07 Å². The minimum Gasteiger partial charge on any atom is -0.467 e. The number of hydrogen-bond acceptors (Lipinski definition) is 3. The van der Waals surface area contributed by atoms with Crippen molar-refractivity contribution < 1.29 is 9.21 Å². The molecular weight excluding hydrogens is 204 g/mol. The van der Waals surface area contributed by atoms with Crippen LogP contribution < -0.4 is 0 Å². The Balaban J connectivity index is 2.06. The maximum Gasteiger partial charge on any atom is 0.243 e. The summed E-state index contributed by atoms with van der Waals surface area (Å²) in [5.74, 6) is 0.692. The molecule has 0 aliphatic heterocycles. The molecule has 0 bridgehead atoms. The molecule has 1 fully saturated rings. The van der Waals surface area contributed by atoms with E-state index in [2.05, 4.69) is 6.07 Å². The lowest BCUT2D eigenvalue weighted by Crippen LogP contribution is -2.36. The summed E-state index contributed by atoms with van der Waals surface area (Å²) in [6.45, 7) is 2.96. The highest BCUT2D eigenvalue weighted by molar-refractivity contribution is 5.88. The molecule has 0 N–H and O–H groups in total. The zero-order valence-electron chi connectivity index (χ0n) is 9.27. The van der Waals surface area contributed by atoms with Crippen molar-refractivity contribution in [1.29, 1.82) is 5.26 Å². The second-order valence-electron chi connectivity index (χ2n) is 4.09. The Labute approximate surface area is 94.5 Å². The monoisotopic (exact) mass is 218 g/mol. The summed E-state index contributed by atoms with van der Waals surface area (Å²) in [4.78, 5) is 13.8. The van der Waals surface area contributed by atoms with Crippen LogP contribution in [0.4, 0.5) is 0 Å². The van der Waals surface area contributed by atoms with E-state index in [0.717, 1.165) is 5.76 Å². The number of furan rings is 1. The minimum atomic E-state index is -0.734. The molecule has 4 nitrogen and oxygen atoms in total. The fourth-order valence-corrected chi connectivity index (χ4v) is 1.72. The average Bonchev–Trinajstić information content (AvgIpc) is 2.95. The first kappa shape index (κ1) is 10.7. The van der Waals surface area contributed by atoms with Gasteiger partial charge < -0.3 is 9.32 Å². The first-order valence-electron chi connectivity index (χ1n) is 5.45. The van der Waals surface area contributed by atoms with Crippen LogP contribution in [0.3, 0.4) is 0 Å². The number of rotatable bonds is 4. The third-order valence-corrected chi connectivity index (χ3v) is 2.97. The highest BCUT2D eigenvalue weighted by atomic mass is 16.3. The number of amides is 1. The lowest BCUT2D eigenvalue weighted by Gasteiger charge is -2.21. The Hall–Kier alpha value is -1.76. The van der Waals surface area contributed by atoms with Crippen LogP contribution in [0.2, 0.25) is 0 Å². The van der Waals surface area contributed by atoms with Crippen LogP contribution in [0.5, 0.6) is 0 Å². The molecule has 2 rings (SSSR count). The Morgan fingerprint density at radius 1 is 1.69 bits per heavy atom. The van der Waals surface area contributed by atoms with Crippen molar-refractivity contribution in [2.24, 2.45) is 5.41 Å². The summed E-state index contributed by atoms with van der Waals surface area (Å²) in [6, 6.07) is 5.76. The topological polar surface area (TPSA) is 57.2 Å². The second-order valence-corrected chi connectivity index (χ2v) is 4.09. The van der Waals surface area contributed by atoms with Crippen LogP contribution in [0.1, 0.15) is 25.5 Å². The van der Waals surface area contributed by atoms with Crippen molar-refractivity contribution in [2.45, 2.75) is 26.3 Å². The Morgan fingerprint density at radius 2 is 2.44 bits per heavy atom. The summed E-state index contributed by atoms with van der Waals surface area (Å²) in [5.41, 5.74) is -0.734. The van der Waals surface area contributed by atoms with Crippen LogP contribution in [0.15, 0.2) is 22.8 Å². The van der Waals surface area contributed by atoms with E-state index >= 15 is 0 Å². The van der Waals surface area contributed by atoms with E-state index in [1.165, 1.54) is 0 Å². The summed E-state index contributed by atoms with van der Waals surface area (Å²) in [5, 5.41) is 8.98. The highest BCUT2D eigenvalue weighted by Crippen LogP contribution is 2.46. The van der Waals surface area contributed by atoms with Crippen LogP contribution >= 0.6 is 0 Å². The van der Waals surface area contributed by atoms with Gasteiger partial charge in [0.15, 0.2) is 0 Å². The molecular formula is C12H14N2O2. The average molecular weight is 218 g/mol. The molecule has 1 aliphatic rings. The van der Waals surface area contributed by atoms with Crippen LogP contribution in [-0.2, 0) is 11.3 Å². The van der Waals surface area contributed by atoms with Crippen molar-refractivity contribution in [3.63, 3.8) is 0 Å². The number of hydrogen-bond donors (Lipinski definition) is 0. The zero-order chi connectivity index (χ0) is 11.6. The molecule has 1 aromatic rings. The molecule has 4 heteroatoms. The molecule has 1 aliphatic carbocycles. The van der Waals surface area contributed by atoms with Gasteiger partial charge in [-0.05, 0) is 31.9 Å². The van der Waals surface area contributed by atoms with Crippen molar-refractivity contribution in [1.82, 2.24) is 4.90 Å². The van der Waals surface area contributed by atoms with E-state index in [0.29, 0.717) is 25.9 Å². The molecule has 84 valence electrons. The molecule has 0 aromatic carbocycles. The van der Waals surface area contributed by atoms with Crippen LogP contribution in [0, 0.1) is 16.7 Å². The minimum absolute atomic E-state index is 0.0612. The number of nitrogens with zero attached hydrogens (tertiary/aromatic N) is 2. The van der Waals surface area contributed by atoms with Crippen molar-refractivity contribution in [2.75, 3.05) is 6.54 Å². The van der Waals surface area contributed by atoms with Gasteiger partial charge in [-0.1, -0.05) is 0 Å². The summed E-state index contributed by atoms with van der Waals surface area (Å²) in [7, 11) is 0. The number of carbonyl (C=O) groups is 1. The van der Waals surface area contributed by atoms with Crippen LogP contribution in [0.25, 0.3) is 0 Å². The summed E-state index contributed by atoms with van der Waals surface area (Å²) >= 11 is 0. The van der Waals surface area contributed by atoms with Gasteiger partial charge in [-0.3, -0.25) is 4.79 Å². The Morgan fingerprint density at radius 3 is 2.88 bits per heavy atom. The maximum absolute atomic E-state index is 12.1. The van der Waals surface area contributed by atoms with Gasteiger partial charge in [0.05, 0.1) is 18.9 Å². The van der Waals surface area contributed by atoms with E-state index in [9.17, 15) is 4.79 Å².